The maximum absolute atomic E-state index is 15.8. The number of rotatable bonds is 7. The Hall–Kier alpha value is -4.03. The van der Waals surface area contributed by atoms with Crippen molar-refractivity contribution in [2.24, 2.45) is 5.92 Å². The van der Waals surface area contributed by atoms with Gasteiger partial charge in [0.1, 0.15) is 5.82 Å². The Labute approximate surface area is 234 Å². The predicted octanol–water partition coefficient (Wildman–Crippen LogP) is 8.43. The van der Waals surface area contributed by atoms with Gasteiger partial charge in [-0.3, -0.25) is 9.59 Å². The summed E-state index contributed by atoms with van der Waals surface area (Å²) in [6, 6.07) is 8.05. The van der Waals surface area contributed by atoms with Gasteiger partial charge in [0.05, 0.1) is 22.5 Å². The van der Waals surface area contributed by atoms with Gasteiger partial charge in [-0.2, -0.15) is 26.3 Å². The Morgan fingerprint density at radius 1 is 0.905 bits per heavy atom. The number of nitrogens with one attached hydrogen (secondary N) is 1. The molecule has 42 heavy (non-hydrogen) atoms. The van der Waals surface area contributed by atoms with E-state index in [2.05, 4.69) is 0 Å². The first-order valence-electron chi connectivity index (χ1n) is 12.6. The lowest BCUT2D eigenvalue weighted by molar-refractivity contribution is -0.228. The molecule has 2 unspecified atom stereocenters. The van der Waals surface area contributed by atoms with Crippen LogP contribution in [0.5, 0.6) is 0 Å². The molecule has 1 aliphatic carbocycles. The van der Waals surface area contributed by atoms with E-state index in [1.165, 1.54) is 24.3 Å². The molecule has 1 fully saturated rings. The summed E-state index contributed by atoms with van der Waals surface area (Å²) in [5.41, 5.74) is -9.41. The van der Waals surface area contributed by atoms with Crippen LogP contribution in [-0.4, -0.2) is 24.0 Å². The van der Waals surface area contributed by atoms with E-state index in [0.717, 1.165) is 35.9 Å². The van der Waals surface area contributed by atoms with E-state index in [0.29, 0.717) is 12.1 Å². The standard InChI is InChI=1S/C29H23F9N2O2/c1-15(16-6-7-16)40(26(42)17-8-11-19(30)12-9-17)23-5-3-4-20(24(23)31)25(41)39-22-13-10-18(14-21(22)28(33,34)35)27(2,32)29(36,37)38/h3-5,8-16H,6-7H2,1-2H3,(H,39,41). The molecule has 1 aliphatic rings. The van der Waals surface area contributed by atoms with Crippen molar-refractivity contribution in [3.05, 3.63) is 94.6 Å². The van der Waals surface area contributed by atoms with Gasteiger partial charge < -0.3 is 10.2 Å². The first kappa shape index (κ1) is 30.9. The van der Waals surface area contributed by atoms with Gasteiger partial charge >= 0.3 is 12.4 Å². The Morgan fingerprint density at radius 3 is 2.07 bits per heavy atom. The van der Waals surface area contributed by atoms with Gasteiger partial charge in [-0.25, -0.2) is 13.2 Å². The van der Waals surface area contributed by atoms with Crippen LogP contribution in [0.3, 0.4) is 0 Å². The number of amides is 2. The molecule has 4 nitrogen and oxygen atoms in total. The summed E-state index contributed by atoms with van der Waals surface area (Å²) in [4.78, 5) is 27.5. The third-order valence-electron chi connectivity index (χ3n) is 7.15. The summed E-state index contributed by atoms with van der Waals surface area (Å²) in [5, 5.41) is 1.84. The lowest BCUT2D eigenvalue weighted by Crippen LogP contribution is -2.41. The number of benzene rings is 3. The fourth-order valence-corrected chi connectivity index (χ4v) is 4.45. The van der Waals surface area contributed by atoms with Crippen molar-refractivity contribution in [1.82, 2.24) is 0 Å². The van der Waals surface area contributed by atoms with Crippen LogP contribution in [0, 0.1) is 17.6 Å². The SMILES string of the molecule is CC(C1CC1)N(C(=O)c1ccc(F)cc1)c1cccc(C(=O)Nc2ccc(C(C)(F)C(F)(F)F)cc2C(F)(F)F)c1F. The van der Waals surface area contributed by atoms with Crippen LogP contribution in [0.1, 0.15) is 58.5 Å². The third kappa shape index (κ3) is 6.09. The van der Waals surface area contributed by atoms with E-state index < -0.39 is 69.9 Å². The van der Waals surface area contributed by atoms with Crippen molar-refractivity contribution < 1.29 is 49.1 Å². The van der Waals surface area contributed by atoms with Crippen LogP contribution in [0.4, 0.5) is 50.9 Å². The maximum atomic E-state index is 15.8. The predicted molar refractivity (Wildman–Crippen MR) is 136 cm³/mol. The summed E-state index contributed by atoms with van der Waals surface area (Å²) in [6.45, 7) is 1.71. The smallest absolute Gasteiger partial charge is 0.321 e. The van der Waals surface area contributed by atoms with Gasteiger partial charge in [-0.1, -0.05) is 12.1 Å². The van der Waals surface area contributed by atoms with Crippen molar-refractivity contribution in [3.63, 3.8) is 0 Å². The molecular formula is C29H23F9N2O2. The van der Waals surface area contributed by atoms with Crippen LogP contribution >= 0.6 is 0 Å². The summed E-state index contributed by atoms with van der Waals surface area (Å²) in [6.07, 6.45) is -9.38. The minimum Gasteiger partial charge on any atom is -0.321 e. The fraction of sp³-hybridized carbons (Fsp3) is 0.310. The van der Waals surface area contributed by atoms with E-state index >= 15 is 4.39 Å². The number of halogens is 9. The van der Waals surface area contributed by atoms with Crippen molar-refractivity contribution in [3.8, 4) is 0 Å². The molecule has 2 atom stereocenters. The molecule has 0 radical (unpaired) electrons. The highest BCUT2D eigenvalue weighted by Gasteiger charge is 2.54. The molecule has 0 aliphatic heterocycles. The van der Waals surface area contributed by atoms with Crippen LogP contribution in [0.15, 0.2) is 60.7 Å². The summed E-state index contributed by atoms with van der Waals surface area (Å²) in [7, 11) is 0. The molecular weight excluding hydrogens is 579 g/mol. The second-order valence-corrected chi connectivity index (χ2v) is 10.1. The van der Waals surface area contributed by atoms with Crippen molar-refractivity contribution in [2.75, 3.05) is 10.2 Å². The average Bonchev–Trinajstić information content (AvgIpc) is 3.74. The zero-order valence-electron chi connectivity index (χ0n) is 22.0. The molecule has 1 N–H and O–H groups in total. The lowest BCUT2D eigenvalue weighted by Gasteiger charge is -2.30. The number of nitrogens with zero attached hydrogens (tertiary/aromatic N) is 1. The highest BCUT2D eigenvalue weighted by Crippen LogP contribution is 2.45. The molecule has 2 amide bonds. The zero-order chi connectivity index (χ0) is 31.2. The van der Waals surface area contributed by atoms with Crippen LogP contribution < -0.4 is 10.2 Å². The van der Waals surface area contributed by atoms with Gasteiger partial charge in [0, 0.05) is 11.6 Å². The van der Waals surface area contributed by atoms with Crippen LogP contribution in [0.2, 0.25) is 0 Å². The number of carbonyl (C=O) groups is 2. The van der Waals surface area contributed by atoms with E-state index in [4.69, 9.17) is 0 Å². The lowest BCUT2D eigenvalue weighted by atomic mass is 9.94. The topological polar surface area (TPSA) is 49.4 Å². The second kappa shape index (κ2) is 11.0. The summed E-state index contributed by atoms with van der Waals surface area (Å²) < 4.78 is 124. The molecule has 0 heterocycles. The van der Waals surface area contributed by atoms with E-state index in [-0.39, 0.29) is 30.2 Å². The molecule has 0 spiro atoms. The van der Waals surface area contributed by atoms with Gasteiger partial charge in [0.2, 0.25) is 5.67 Å². The molecule has 3 aromatic rings. The minimum absolute atomic E-state index is 0.00275. The van der Waals surface area contributed by atoms with Gasteiger partial charge in [0.15, 0.2) is 5.82 Å². The number of hydrogen-bond acceptors (Lipinski definition) is 2. The molecule has 224 valence electrons. The highest BCUT2D eigenvalue weighted by molar-refractivity contribution is 6.09. The van der Waals surface area contributed by atoms with Gasteiger partial charge in [-0.05, 0) is 86.7 Å². The summed E-state index contributed by atoms with van der Waals surface area (Å²) in [5.74, 6) is -3.98. The van der Waals surface area contributed by atoms with Crippen molar-refractivity contribution in [2.45, 2.75) is 50.8 Å². The Kier molecular flexibility index (Phi) is 8.09. The average molecular weight is 602 g/mol. The third-order valence-corrected chi connectivity index (χ3v) is 7.15. The molecule has 0 aromatic heterocycles. The largest absolute Gasteiger partial charge is 0.426 e. The highest BCUT2D eigenvalue weighted by atomic mass is 19.4. The Balaban J connectivity index is 1.72. The molecule has 4 rings (SSSR count). The molecule has 1 saturated carbocycles. The molecule has 3 aromatic carbocycles. The number of hydrogen-bond donors (Lipinski definition) is 1. The Bertz CT molecular complexity index is 1490. The van der Waals surface area contributed by atoms with Crippen LogP contribution in [-0.2, 0) is 11.8 Å². The quantitative estimate of drug-likeness (QED) is 0.276. The molecule has 13 heteroatoms. The zero-order valence-corrected chi connectivity index (χ0v) is 22.0. The van der Waals surface area contributed by atoms with Crippen LogP contribution in [0.25, 0.3) is 0 Å². The van der Waals surface area contributed by atoms with Crippen molar-refractivity contribution in [1.29, 1.82) is 0 Å². The molecule has 0 bridgehead atoms. The minimum atomic E-state index is -5.53. The number of anilines is 2. The van der Waals surface area contributed by atoms with Crippen molar-refractivity contribution >= 4 is 23.2 Å². The van der Waals surface area contributed by atoms with E-state index in [1.807, 2.05) is 5.32 Å². The Morgan fingerprint density at radius 2 is 1.52 bits per heavy atom. The summed E-state index contributed by atoms with van der Waals surface area (Å²) >= 11 is 0. The van der Waals surface area contributed by atoms with Gasteiger partial charge in [-0.15, -0.1) is 0 Å². The maximum Gasteiger partial charge on any atom is 0.426 e. The fourth-order valence-electron chi connectivity index (χ4n) is 4.45. The second-order valence-electron chi connectivity index (χ2n) is 10.1. The number of carbonyl (C=O) groups excluding carboxylic acids is 2. The monoisotopic (exact) mass is 602 g/mol. The first-order valence-corrected chi connectivity index (χ1v) is 12.6. The normalized spacial score (nSPS) is 16.0. The van der Waals surface area contributed by atoms with E-state index in [9.17, 15) is 44.7 Å². The first-order chi connectivity index (χ1) is 19.4. The van der Waals surface area contributed by atoms with Gasteiger partial charge in [0.25, 0.3) is 11.8 Å². The van der Waals surface area contributed by atoms with E-state index in [1.54, 1.807) is 6.92 Å². The molecule has 0 saturated heterocycles. The number of alkyl halides is 7.